The summed E-state index contributed by atoms with van der Waals surface area (Å²) >= 11 is 0. The monoisotopic (exact) mass is 766 g/mol. The summed E-state index contributed by atoms with van der Waals surface area (Å²) in [6, 6.07) is 13.2. The molecule has 0 radical (unpaired) electrons. The first-order chi connectivity index (χ1) is 25.8. The van der Waals surface area contributed by atoms with Gasteiger partial charge in [-0.1, -0.05) is 88.4 Å². The van der Waals surface area contributed by atoms with Crippen molar-refractivity contribution >= 4 is 29.5 Å². The van der Waals surface area contributed by atoms with Gasteiger partial charge in [0.25, 0.3) is 17.4 Å². The third-order valence-corrected chi connectivity index (χ3v) is 8.72. The quantitative estimate of drug-likeness (QED) is 0.0848. The van der Waals surface area contributed by atoms with Gasteiger partial charge in [0.1, 0.15) is 23.8 Å². The lowest BCUT2D eigenvalue weighted by Gasteiger charge is -2.32. The summed E-state index contributed by atoms with van der Waals surface area (Å²) in [5.74, 6) is -6.37. The summed E-state index contributed by atoms with van der Waals surface area (Å²) in [6.07, 6.45) is -1.45. The average molecular weight is 767 g/mol. The molecule has 16 nitrogen and oxygen atoms in total. The van der Waals surface area contributed by atoms with Crippen LogP contribution in [0.1, 0.15) is 69.6 Å². The van der Waals surface area contributed by atoms with Crippen molar-refractivity contribution in [1.29, 1.82) is 0 Å². The Balaban J connectivity index is 1.75. The average Bonchev–Trinajstić information content (AvgIpc) is 3.13. The van der Waals surface area contributed by atoms with Gasteiger partial charge in [0.05, 0.1) is 11.6 Å². The fourth-order valence-electron chi connectivity index (χ4n) is 5.66. The number of nitrogens with one attached hydrogen (secondary N) is 7. The maximum atomic E-state index is 14.1. The van der Waals surface area contributed by atoms with Crippen LogP contribution in [0.5, 0.6) is 0 Å². The molecule has 2 aromatic carbocycles. The zero-order chi connectivity index (χ0) is 41.0. The molecule has 1 aromatic heterocycles. The molecule has 3 rings (SSSR count). The Hall–Kier alpha value is -5.68. The fraction of sp³-hybridized carbons (Fsp3) is 0.447. The van der Waals surface area contributed by atoms with Gasteiger partial charge >= 0.3 is 5.69 Å². The Morgan fingerprint density at radius 1 is 0.818 bits per heavy atom. The Morgan fingerprint density at radius 2 is 1.42 bits per heavy atom. The minimum Gasteiger partial charge on any atom is -0.381 e. The number of hydrogen-bond acceptors (Lipinski definition) is 9. The SMILES string of the molecule is CC(C)C[C@H](NC(=O)[C@@H](NC(=O)[C@@H](N)CNC(=O)c1[nH]c(=O)[nH]c(=O)c1F)C(C)C)C(=O)N[C@@H](Cc1ccccc1)[C@@H](O)C(=O)NC(C)(C)c1ccccc1. The topological polar surface area (TPSA) is 257 Å². The van der Waals surface area contributed by atoms with Crippen LogP contribution in [0.2, 0.25) is 0 Å². The van der Waals surface area contributed by atoms with E-state index in [0.29, 0.717) is 0 Å². The van der Waals surface area contributed by atoms with E-state index < -0.39 is 101 Å². The van der Waals surface area contributed by atoms with E-state index in [1.165, 1.54) is 0 Å². The van der Waals surface area contributed by atoms with Crippen LogP contribution >= 0.6 is 0 Å². The molecule has 5 atom stereocenters. The van der Waals surface area contributed by atoms with Crippen molar-refractivity contribution in [3.05, 3.63) is 104 Å². The number of halogens is 1. The van der Waals surface area contributed by atoms with Crippen LogP contribution in [-0.2, 0) is 31.1 Å². The smallest absolute Gasteiger partial charge is 0.326 e. The number of amides is 5. The number of aliphatic hydroxyl groups is 1. The highest BCUT2D eigenvalue weighted by atomic mass is 19.1. The summed E-state index contributed by atoms with van der Waals surface area (Å²) in [4.78, 5) is 93.0. The predicted molar refractivity (Wildman–Crippen MR) is 202 cm³/mol. The first kappa shape index (κ1) is 43.7. The van der Waals surface area contributed by atoms with Crippen LogP contribution in [-0.4, -0.2) is 81.4 Å². The minimum atomic E-state index is -1.69. The summed E-state index contributed by atoms with van der Waals surface area (Å²) in [5, 5.41) is 24.4. The zero-order valence-electron chi connectivity index (χ0n) is 31.7. The molecule has 0 bridgehead atoms. The summed E-state index contributed by atoms with van der Waals surface area (Å²) in [7, 11) is 0. The van der Waals surface area contributed by atoms with Crippen molar-refractivity contribution < 1.29 is 33.5 Å². The highest BCUT2D eigenvalue weighted by Gasteiger charge is 2.35. The van der Waals surface area contributed by atoms with E-state index in [2.05, 4.69) is 26.6 Å². The highest BCUT2D eigenvalue weighted by molar-refractivity contribution is 5.95. The van der Waals surface area contributed by atoms with Gasteiger partial charge in [-0.05, 0) is 49.7 Å². The molecule has 0 spiro atoms. The Kier molecular flexibility index (Phi) is 15.6. The van der Waals surface area contributed by atoms with Crippen molar-refractivity contribution in [1.82, 2.24) is 36.6 Å². The summed E-state index contributed by atoms with van der Waals surface area (Å²) in [6.45, 7) is 9.97. The molecule has 5 amide bonds. The van der Waals surface area contributed by atoms with Gasteiger partial charge in [0.15, 0.2) is 6.10 Å². The van der Waals surface area contributed by atoms with E-state index in [4.69, 9.17) is 5.73 Å². The van der Waals surface area contributed by atoms with Crippen LogP contribution in [0.15, 0.2) is 70.3 Å². The maximum absolute atomic E-state index is 14.1. The number of aromatic amines is 2. The number of aliphatic hydroxyl groups excluding tert-OH is 1. The molecule has 0 aliphatic rings. The second-order valence-corrected chi connectivity index (χ2v) is 14.6. The fourth-order valence-corrected chi connectivity index (χ4v) is 5.66. The Labute approximate surface area is 317 Å². The largest absolute Gasteiger partial charge is 0.381 e. The molecule has 0 unspecified atom stereocenters. The molecule has 55 heavy (non-hydrogen) atoms. The number of H-pyrrole nitrogens is 2. The first-order valence-electron chi connectivity index (χ1n) is 17.9. The molecule has 17 heteroatoms. The zero-order valence-corrected chi connectivity index (χ0v) is 31.7. The minimum absolute atomic E-state index is 0.0812. The van der Waals surface area contributed by atoms with Crippen LogP contribution < -0.4 is 43.6 Å². The number of rotatable bonds is 18. The molecule has 0 aliphatic carbocycles. The molecule has 3 aromatic rings. The third-order valence-electron chi connectivity index (χ3n) is 8.72. The highest BCUT2D eigenvalue weighted by Crippen LogP contribution is 2.20. The van der Waals surface area contributed by atoms with Crippen LogP contribution in [0, 0.1) is 17.7 Å². The van der Waals surface area contributed by atoms with Crippen LogP contribution in [0.4, 0.5) is 4.39 Å². The van der Waals surface area contributed by atoms with E-state index in [1.54, 1.807) is 56.9 Å². The van der Waals surface area contributed by atoms with E-state index >= 15 is 0 Å². The lowest BCUT2D eigenvalue weighted by atomic mass is 9.93. The normalized spacial score (nSPS) is 14.2. The standard InChI is InChI=1S/C38H51FN8O8/c1-20(2)17-26(43-35(53)28(21(3)4)44-31(49)24(40)19-41-34(52)29-27(39)33(51)46-37(55)45-29)32(50)42-25(18-22-13-9-7-10-14-22)30(48)36(54)47-38(5,6)23-15-11-8-12-16-23/h7-16,20-21,24-26,28,30,48H,17-19,40H2,1-6H3,(H,41,52)(H,42,50)(H,43,53)(H,44,49)(H,47,54)(H2,45,46,51,55)/t24-,25-,26-,28-,30+/m0/s1. The Bertz CT molecular complexity index is 1920. The third kappa shape index (κ3) is 12.7. The molecular formula is C38H51FN8O8. The van der Waals surface area contributed by atoms with Gasteiger partial charge in [-0.2, -0.15) is 4.39 Å². The Morgan fingerprint density at radius 3 is 2.00 bits per heavy atom. The molecule has 298 valence electrons. The van der Waals surface area contributed by atoms with Gasteiger partial charge < -0.3 is 42.4 Å². The number of carbonyl (C=O) groups excluding carboxylic acids is 5. The van der Waals surface area contributed by atoms with Crippen molar-refractivity contribution in [3.8, 4) is 0 Å². The molecule has 0 aliphatic heterocycles. The van der Waals surface area contributed by atoms with Gasteiger partial charge in [0.2, 0.25) is 23.5 Å². The summed E-state index contributed by atoms with van der Waals surface area (Å²) < 4.78 is 14.1. The van der Waals surface area contributed by atoms with E-state index in [9.17, 15) is 43.1 Å². The van der Waals surface area contributed by atoms with Crippen molar-refractivity contribution in [3.63, 3.8) is 0 Å². The molecule has 1 heterocycles. The molecule has 0 fully saturated rings. The summed E-state index contributed by atoms with van der Waals surface area (Å²) in [5.41, 5.74) is 3.12. The van der Waals surface area contributed by atoms with Crippen molar-refractivity contribution in [2.24, 2.45) is 17.6 Å². The van der Waals surface area contributed by atoms with Gasteiger partial charge in [-0.3, -0.25) is 33.8 Å². The number of benzene rings is 2. The first-order valence-corrected chi connectivity index (χ1v) is 17.9. The maximum Gasteiger partial charge on any atom is 0.326 e. The number of carbonyl (C=O) groups is 5. The van der Waals surface area contributed by atoms with Crippen LogP contribution in [0.25, 0.3) is 0 Å². The second-order valence-electron chi connectivity index (χ2n) is 14.6. The van der Waals surface area contributed by atoms with E-state index in [1.807, 2.05) is 55.2 Å². The van der Waals surface area contributed by atoms with Crippen molar-refractivity contribution in [2.45, 2.75) is 90.2 Å². The van der Waals surface area contributed by atoms with Crippen molar-refractivity contribution in [2.75, 3.05) is 6.54 Å². The van der Waals surface area contributed by atoms with E-state index in [-0.39, 0.29) is 18.8 Å². The molecule has 10 N–H and O–H groups in total. The van der Waals surface area contributed by atoms with E-state index in [0.717, 1.165) is 11.1 Å². The molecule has 0 saturated carbocycles. The second kappa shape index (κ2) is 19.6. The number of aromatic nitrogens is 2. The molecule has 0 saturated heterocycles. The predicted octanol–water partition coefficient (Wildman–Crippen LogP) is 0.0710. The number of hydrogen-bond donors (Lipinski definition) is 9. The van der Waals surface area contributed by atoms with Gasteiger partial charge in [0, 0.05) is 6.54 Å². The lowest BCUT2D eigenvalue weighted by Crippen LogP contribution is -2.60. The van der Waals surface area contributed by atoms with Gasteiger partial charge in [-0.25, -0.2) is 4.79 Å². The lowest BCUT2D eigenvalue weighted by molar-refractivity contribution is -0.136. The number of nitrogens with two attached hydrogens (primary N) is 1. The van der Waals surface area contributed by atoms with Crippen LogP contribution in [0.3, 0.4) is 0 Å². The molecular weight excluding hydrogens is 715 g/mol. The van der Waals surface area contributed by atoms with Gasteiger partial charge in [-0.15, -0.1) is 0 Å².